The molecule has 0 heterocycles. The number of rotatable bonds is 5. The molecule has 1 fully saturated rings. The van der Waals surface area contributed by atoms with Gasteiger partial charge in [0.25, 0.3) is 5.91 Å². The molecule has 0 saturated heterocycles. The lowest BCUT2D eigenvalue weighted by Gasteiger charge is -2.05. The molecule has 0 aliphatic heterocycles. The van der Waals surface area contributed by atoms with E-state index in [-0.39, 0.29) is 5.91 Å². The SMILES string of the molecule is CCCC1CC1NC(=O)c1ccc(CBr)cc1. The van der Waals surface area contributed by atoms with Crippen LogP contribution in [0, 0.1) is 5.92 Å². The number of carbonyl (C=O) groups is 1. The number of alkyl halides is 1. The summed E-state index contributed by atoms with van der Waals surface area (Å²) in [5, 5.41) is 3.92. The number of hydrogen-bond acceptors (Lipinski definition) is 1. The normalized spacial score (nSPS) is 22.2. The van der Waals surface area contributed by atoms with Gasteiger partial charge in [-0.3, -0.25) is 4.79 Å². The Morgan fingerprint density at radius 3 is 2.71 bits per heavy atom. The molecule has 2 nitrogen and oxygen atoms in total. The fourth-order valence-electron chi connectivity index (χ4n) is 2.11. The number of carbonyl (C=O) groups excluding carboxylic acids is 1. The lowest BCUT2D eigenvalue weighted by Crippen LogP contribution is -2.26. The zero-order valence-corrected chi connectivity index (χ0v) is 11.7. The zero-order valence-electron chi connectivity index (χ0n) is 10.1. The van der Waals surface area contributed by atoms with Gasteiger partial charge in [0.1, 0.15) is 0 Å². The summed E-state index contributed by atoms with van der Waals surface area (Å²) in [5.41, 5.74) is 1.95. The van der Waals surface area contributed by atoms with E-state index in [1.807, 2.05) is 24.3 Å². The van der Waals surface area contributed by atoms with Crippen molar-refractivity contribution in [2.75, 3.05) is 0 Å². The topological polar surface area (TPSA) is 29.1 Å². The highest BCUT2D eigenvalue weighted by Crippen LogP contribution is 2.34. The number of nitrogens with one attached hydrogen (secondary N) is 1. The molecule has 0 radical (unpaired) electrons. The Morgan fingerprint density at radius 2 is 2.12 bits per heavy atom. The van der Waals surface area contributed by atoms with Gasteiger partial charge < -0.3 is 5.32 Å². The van der Waals surface area contributed by atoms with Crippen LogP contribution in [0.2, 0.25) is 0 Å². The summed E-state index contributed by atoms with van der Waals surface area (Å²) in [6.07, 6.45) is 3.59. The molecule has 2 atom stereocenters. The molecule has 1 amide bonds. The summed E-state index contributed by atoms with van der Waals surface area (Å²) < 4.78 is 0. The second kappa shape index (κ2) is 5.67. The molecular formula is C14H18BrNO. The van der Waals surface area contributed by atoms with Crippen LogP contribution in [0.3, 0.4) is 0 Å². The zero-order chi connectivity index (χ0) is 12.3. The van der Waals surface area contributed by atoms with Crippen molar-refractivity contribution in [1.82, 2.24) is 5.32 Å². The standard InChI is InChI=1S/C14H18BrNO/c1-2-3-12-8-13(12)16-14(17)11-6-4-10(9-15)5-7-11/h4-7,12-13H,2-3,8-9H2,1H3,(H,16,17). The summed E-state index contributed by atoms with van der Waals surface area (Å²) in [7, 11) is 0. The monoisotopic (exact) mass is 295 g/mol. The third-order valence-corrected chi connectivity index (χ3v) is 3.92. The minimum Gasteiger partial charge on any atom is -0.349 e. The number of amides is 1. The summed E-state index contributed by atoms with van der Waals surface area (Å²) in [6.45, 7) is 2.19. The Kier molecular flexibility index (Phi) is 4.21. The molecule has 0 spiro atoms. The van der Waals surface area contributed by atoms with Gasteiger partial charge in [-0.1, -0.05) is 41.4 Å². The second-order valence-electron chi connectivity index (χ2n) is 4.69. The first-order chi connectivity index (χ1) is 8.24. The fourth-order valence-corrected chi connectivity index (χ4v) is 2.48. The Bertz CT molecular complexity index is 388. The first-order valence-corrected chi connectivity index (χ1v) is 7.32. The van der Waals surface area contributed by atoms with Gasteiger partial charge in [-0.25, -0.2) is 0 Å². The third-order valence-electron chi connectivity index (χ3n) is 3.27. The minimum absolute atomic E-state index is 0.0646. The highest BCUT2D eigenvalue weighted by atomic mass is 79.9. The van der Waals surface area contributed by atoms with Crippen LogP contribution in [0.25, 0.3) is 0 Å². The summed E-state index contributed by atoms with van der Waals surface area (Å²) in [5.74, 6) is 0.778. The lowest BCUT2D eigenvalue weighted by atomic mass is 10.1. The highest BCUT2D eigenvalue weighted by Gasteiger charge is 2.37. The van der Waals surface area contributed by atoms with Crippen LogP contribution >= 0.6 is 15.9 Å². The van der Waals surface area contributed by atoms with Gasteiger partial charge in [-0.15, -0.1) is 0 Å². The lowest BCUT2D eigenvalue weighted by molar-refractivity contribution is 0.0949. The highest BCUT2D eigenvalue weighted by molar-refractivity contribution is 9.08. The number of benzene rings is 1. The molecule has 1 N–H and O–H groups in total. The van der Waals surface area contributed by atoms with E-state index in [1.165, 1.54) is 18.4 Å². The number of halogens is 1. The molecule has 1 saturated carbocycles. The van der Waals surface area contributed by atoms with Gasteiger partial charge in [0, 0.05) is 16.9 Å². The molecule has 1 aromatic rings. The maximum atomic E-state index is 11.9. The average molecular weight is 296 g/mol. The molecule has 17 heavy (non-hydrogen) atoms. The van der Waals surface area contributed by atoms with Gasteiger partial charge in [0.2, 0.25) is 0 Å². The largest absolute Gasteiger partial charge is 0.349 e. The molecule has 2 rings (SSSR count). The van der Waals surface area contributed by atoms with Crippen molar-refractivity contribution in [3.05, 3.63) is 35.4 Å². The van der Waals surface area contributed by atoms with E-state index in [0.29, 0.717) is 12.0 Å². The second-order valence-corrected chi connectivity index (χ2v) is 5.26. The van der Waals surface area contributed by atoms with E-state index >= 15 is 0 Å². The van der Waals surface area contributed by atoms with Crippen LogP contribution in [-0.2, 0) is 5.33 Å². The van der Waals surface area contributed by atoms with E-state index in [1.54, 1.807) is 0 Å². The quantitative estimate of drug-likeness (QED) is 0.828. The maximum absolute atomic E-state index is 11.9. The predicted molar refractivity (Wildman–Crippen MR) is 73.3 cm³/mol. The van der Waals surface area contributed by atoms with Gasteiger partial charge in [-0.05, 0) is 36.5 Å². The van der Waals surface area contributed by atoms with Crippen LogP contribution in [0.5, 0.6) is 0 Å². The van der Waals surface area contributed by atoms with Gasteiger partial charge >= 0.3 is 0 Å². The molecule has 0 bridgehead atoms. The van der Waals surface area contributed by atoms with E-state index in [4.69, 9.17) is 0 Å². The number of hydrogen-bond donors (Lipinski definition) is 1. The van der Waals surface area contributed by atoms with Crippen LogP contribution < -0.4 is 5.32 Å². The molecule has 0 aromatic heterocycles. The van der Waals surface area contributed by atoms with Gasteiger partial charge in [0.15, 0.2) is 0 Å². The van der Waals surface area contributed by atoms with Crippen molar-refractivity contribution >= 4 is 21.8 Å². The third kappa shape index (κ3) is 3.32. The van der Waals surface area contributed by atoms with Crippen LogP contribution in [0.15, 0.2) is 24.3 Å². The van der Waals surface area contributed by atoms with Crippen molar-refractivity contribution in [3.63, 3.8) is 0 Å². The summed E-state index contributed by atoms with van der Waals surface area (Å²) in [6, 6.07) is 8.17. The van der Waals surface area contributed by atoms with Crippen molar-refractivity contribution in [1.29, 1.82) is 0 Å². The molecule has 2 unspecified atom stereocenters. The van der Waals surface area contributed by atoms with E-state index < -0.39 is 0 Å². The van der Waals surface area contributed by atoms with Crippen molar-refractivity contribution in [2.45, 2.75) is 37.6 Å². The van der Waals surface area contributed by atoms with Crippen LogP contribution in [0.4, 0.5) is 0 Å². The van der Waals surface area contributed by atoms with Crippen molar-refractivity contribution in [2.24, 2.45) is 5.92 Å². The fraction of sp³-hybridized carbons (Fsp3) is 0.500. The Balaban J connectivity index is 1.87. The van der Waals surface area contributed by atoms with Crippen molar-refractivity contribution in [3.8, 4) is 0 Å². The molecule has 92 valence electrons. The maximum Gasteiger partial charge on any atom is 0.251 e. The average Bonchev–Trinajstić information content (AvgIpc) is 3.08. The van der Waals surface area contributed by atoms with E-state index in [2.05, 4.69) is 28.2 Å². The van der Waals surface area contributed by atoms with Crippen LogP contribution in [-0.4, -0.2) is 11.9 Å². The van der Waals surface area contributed by atoms with E-state index in [9.17, 15) is 4.79 Å². The summed E-state index contributed by atoms with van der Waals surface area (Å²) >= 11 is 3.39. The van der Waals surface area contributed by atoms with Crippen LogP contribution in [0.1, 0.15) is 42.1 Å². The van der Waals surface area contributed by atoms with E-state index in [0.717, 1.165) is 17.3 Å². The van der Waals surface area contributed by atoms with Crippen molar-refractivity contribution < 1.29 is 4.79 Å². The molecule has 1 aromatic carbocycles. The first-order valence-electron chi connectivity index (χ1n) is 6.20. The predicted octanol–water partition coefficient (Wildman–Crippen LogP) is 3.50. The Hall–Kier alpha value is -0.830. The Labute approximate surface area is 111 Å². The molecular weight excluding hydrogens is 278 g/mol. The smallest absolute Gasteiger partial charge is 0.251 e. The van der Waals surface area contributed by atoms with Gasteiger partial charge in [-0.2, -0.15) is 0 Å². The van der Waals surface area contributed by atoms with Gasteiger partial charge in [0.05, 0.1) is 0 Å². The Morgan fingerprint density at radius 1 is 1.41 bits per heavy atom. The molecule has 1 aliphatic carbocycles. The minimum atomic E-state index is 0.0646. The summed E-state index contributed by atoms with van der Waals surface area (Å²) in [4.78, 5) is 11.9. The first kappa shape index (κ1) is 12.6. The molecule has 1 aliphatic rings. The molecule has 3 heteroatoms.